The van der Waals surface area contributed by atoms with Gasteiger partial charge in [0.1, 0.15) is 0 Å². The van der Waals surface area contributed by atoms with Gasteiger partial charge in [-0.15, -0.1) is 0 Å². The predicted molar refractivity (Wildman–Crippen MR) is 66.9 cm³/mol. The van der Waals surface area contributed by atoms with Crippen molar-refractivity contribution in [2.75, 3.05) is 0 Å². The van der Waals surface area contributed by atoms with Gasteiger partial charge in [0.25, 0.3) is 0 Å². The number of rotatable bonds is 4. The fraction of sp³-hybridized carbons (Fsp3) is 0.286. The van der Waals surface area contributed by atoms with Gasteiger partial charge >= 0.3 is 11.8 Å². The molecule has 0 aliphatic rings. The molecule has 5 nitrogen and oxygen atoms in total. The minimum absolute atomic E-state index is 0.119. The number of hydrogen-bond acceptors (Lipinski definition) is 5. The van der Waals surface area contributed by atoms with E-state index in [-0.39, 0.29) is 12.4 Å². The van der Waals surface area contributed by atoms with Gasteiger partial charge in [-0.2, -0.15) is 0 Å². The van der Waals surface area contributed by atoms with Crippen LogP contribution >= 0.6 is 0 Å². The maximum Gasteiger partial charge on any atom is 0.519 e. The monoisotopic (exact) mass is 262 g/mol. The van der Waals surface area contributed by atoms with Crippen LogP contribution in [0.3, 0.4) is 0 Å². The molecule has 0 saturated carbocycles. The van der Waals surface area contributed by atoms with Crippen molar-refractivity contribution in [2.24, 2.45) is 0 Å². The Labute approximate surface area is 109 Å². The summed E-state index contributed by atoms with van der Waals surface area (Å²) >= 11 is 0. The van der Waals surface area contributed by atoms with Crippen LogP contribution in [0.2, 0.25) is 0 Å². The number of benzene rings is 1. The van der Waals surface area contributed by atoms with Crippen molar-refractivity contribution >= 4 is 5.97 Å². The van der Waals surface area contributed by atoms with Crippen molar-refractivity contribution in [1.82, 2.24) is 0 Å². The molecule has 0 atom stereocenters. The summed E-state index contributed by atoms with van der Waals surface area (Å²) in [5, 5.41) is 0. The summed E-state index contributed by atoms with van der Waals surface area (Å²) in [6, 6.07) is 7.17. The van der Waals surface area contributed by atoms with Crippen LogP contribution in [0.4, 0.5) is 0 Å². The average Bonchev–Trinajstić information content (AvgIpc) is 2.74. The van der Waals surface area contributed by atoms with E-state index >= 15 is 0 Å². The largest absolute Gasteiger partial charge is 0.519 e. The van der Waals surface area contributed by atoms with Gasteiger partial charge in [-0.25, -0.2) is 9.59 Å². The second-order valence-electron chi connectivity index (χ2n) is 4.06. The molecule has 2 rings (SSSR count). The topological polar surface area (TPSA) is 69.7 Å². The lowest BCUT2D eigenvalue weighted by atomic mass is 10.1. The van der Waals surface area contributed by atoms with Crippen LogP contribution < -0.4 is 5.82 Å². The van der Waals surface area contributed by atoms with Crippen LogP contribution in [-0.4, -0.2) is 5.97 Å². The lowest BCUT2D eigenvalue weighted by Gasteiger charge is -2.03. The molecule has 1 aromatic carbocycles. The smallest absolute Gasteiger partial charge is 0.454 e. The molecule has 0 aliphatic heterocycles. The van der Waals surface area contributed by atoms with E-state index in [9.17, 15) is 9.59 Å². The molecule has 0 unspecified atom stereocenters. The third-order valence-electron chi connectivity index (χ3n) is 2.77. The highest BCUT2D eigenvalue weighted by molar-refractivity contribution is 5.89. The first kappa shape index (κ1) is 13.1. The summed E-state index contributed by atoms with van der Waals surface area (Å²) in [6.07, 6.45) is 0.911. The molecule has 0 saturated heterocycles. The Morgan fingerprint density at radius 3 is 2.42 bits per heavy atom. The standard InChI is InChI=1S/C14H14O5/c1-3-10-4-6-11(7-5-10)13(15)17-8-12-9(2)18-14(16)19-12/h4-7H,3,8H2,1-2H3. The summed E-state index contributed by atoms with van der Waals surface area (Å²) in [7, 11) is 0. The highest BCUT2D eigenvalue weighted by Gasteiger charge is 2.12. The molecule has 0 aliphatic carbocycles. The molecular formula is C14H14O5. The molecule has 2 aromatic rings. The van der Waals surface area contributed by atoms with Crippen molar-refractivity contribution in [3.8, 4) is 0 Å². The van der Waals surface area contributed by atoms with E-state index in [0.717, 1.165) is 12.0 Å². The zero-order valence-corrected chi connectivity index (χ0v) is 10.8. The van der Waals surface area contributed by atoms with E-state index in [1.165, 1.54) is 0 Å². The Morgan fingerprint density at radius 2 is 1.89 bits per heavy atom. The quantitative estimate of drug-likeness (QED) is 0.791. The van der Waals surface area contributed by atoms with Crippen molar-refractivity contribution in [3.63, 3.8) is 0 Å². The number of esters is 1. The molecule has 0 bridgehead atoms. The minimum atomic E-state index is -0.796. The summed E-state index contributed by atoms with van der Waals surface area (Å²) in [6.45, 7) is 3.49. The Kier molecular flexibility index (Phi) is 3.85. The normalized spacial score (nSPS) is 10.4. The molecule has 19 heavy (non-hydrogen) atoms. The summed E-state index contributed by atoms with van der Waals surface area (Å²) < 4.78 is 14.5. The first-order valence-corrected chi connectivity index (χ1v) is 5.95. The minimum Gasteiger partial charge on any atom is -0.454 e. The summed E-state index contributed by atoms with van der Waals surface area (Å²) in [5.74, 6) is -0.718. The van der Waals surface area contributed by atoms with Gasteiger partial charge in [-0.1, -0.05) is 19.1 Å². The highest BCUT2D eigenvalue weighted by atomic mass is 16.6. The summed E-state index contributed by atoms with van der Waals surface area (Å²) in [4.78, 5) is 22.6. The van der Waals surface area contributed by atoms with Gasteiger partial charge in [0, 0.05) is 0 Å². The Bertz CT molecular complexity index is 618. The SMILES string of the molecule is CCc1ccc(C(=O)OCc2oc(=O)oc2C)cc1. The average molecular weight is 262 g/mol. The third-order valence-corrected chi connectivity index (χ3v) is 2.77. The second-order valence-corrected chi connectivity index (χ2v) is 4.06. The van der Waals surface area contributed by atoms with Crippen LogP contribution in [0.5, 0.6) is 0 Å². The van der Waals surface area contributed by atoms with Crippen LogP contribution in [0.15, 0.2) is 37.9 Å². The molecular weight excluding hydrogens is 248 g/mol. The van der Waals surface area contributed by atoms with E-state index in [4.69, 9.17) is 9.15 Å². The molecule has 0 fully saturated rings. The number of carbonyl (C=O) groups excluding carboxylic acids is 1. The van der Waals surface area contributed by atoms with E-state index in [1.807, 2.05) is 19.1 Å². The van der Waals surface area contributed by atoms with Gasteiger partial charge in [0.05, 0.1) is 5.56 Å². The molecule has 0 spiro atoms. The van der Waals surface area contributed by atoms with Crippen LogP contribution in [0.1, 0.15) is 34.4 Å². The van der Waals surface area contributed by atoms with E-state index < -0.39 is 11.8 Å². The summed E-state index contributed by atoms with van der Waals surface area (Å²) in [5.41, 5.74) is 1.61. The van der Waals surface area contributed by atoms with Gasteiger partial charge in [0.2, 0.25) is 0 Å². The Balaban J connectivity index is 2.01. The van der Waals surface area contributed by atoms with Gasteiger partial charge in [0.15, 0.2) is 18.1 Å². The van der Waals surface area contributed by atoms with E-state index in [1.54, 1.807) is 19.1 Å². The maximum absolute atomic E-state index is 11.8. The van der Waals surface area contributed by atoms with Gasteiger partial charge in [-0.3, -0.25) is 0 Å². The first-order chi connectivity index (χ1) is 9.10. The predicted octanol–water partition coefficient (Wildman–Crippen LogP) is 2.46. The number of hydrogen-bond donors (Lipinski definition) is 0. The number of ether oxygens (including phenoxy) is 1. The zero-order valence-electron chi connectivity index (χ0n) is 10.8. The van der Waals surface area contributed by atoms with E-state index in [0.29, 0.717) is 11.3 Å². The third kappa shape index (κ3) is 3.13. The van der Waals surface area contributed by atoms with Crippen molar-refractivity contribution in [3.05, 3.63) is 57.5 Å². The number of carbonyl (C=O) groups is 1. The van der Waals surface area contributed by atoms with Crippen LogP contribution in [-0.2, 0) is 17.8 Å². The van der Waals surface area contributed by atoms with E-state index in [2.05, 4.69) is 4.42 Å². The van der Waals surface area contributed by atoms with Gasteiger partial charge in [-0.05, 0) is 31.0 Å². The molecule has 0 radical (unpaired) electrons. The molecule has 100 valence electrons. The molecule has 0 N–H and O–H groups in total. The fourth-order valence-corrected chi connectivity index (χ4v) is 1.60. The van der Waals surface area contributed by atoms with Gasteiger partial charge < -0.3 is 13.6 Å². The van der Waals surface area contributed by atoms with Crippen molar-refractivity contribution in [2.45, 2.75) is 26.9 Å². The van der Waals surface area contributed by atoms with Crippen LogP contribution in [0, 0.1) is 6.92 Å². The lowest BCUT2D eigenvalue weighted by molar-refractivity contribution is 0.0443. The highest BCUT2D eigenvalue weighted by Crippen LogP contribution is 2.10. The molecule has 0 amide bonds. The van der Waals surface area contributed by atoms with Crippen LogP contribution in [0.25, 0.3) is 0 Å². The van der Waals surface area contributed by atoms with Crippen molar-refractivity contribution in [1.29, 1.82) is 0 Å². The second kappa shape index (κ2) is 5.56. The molecule has 5 heteroatoms. The zero-order chi connectivity index (χ0) is 13.8. The van der Waals surface area contributed by atoms with Crippen molar-refractivity contribution < 1.29 is 18.4 Å². The Morgan fingerprint density at radius 1 is 1.21 bits per heavy atom. The number of aryl methyl sites for hydroxylation is 2. The Hall–Kier alpha value is -2.30. The lowest BCUT2D eigenvalue weighted by Crippen LogP contribution is -2.05. The molecule has 1 heterocycles. The maximum atomic E-state index is 11.8. The first-order valence-electron chi connectivity index (χ1n) is 5.95. The fourth-order valence-electron chi connectivity index (χ4n) is 1.60. The molecule has 1 aromatic heterocycles.